The van der Waals surface area contributed by atoms with E-state index < -0.39 is 0 Å². The minimum atomic E-state index is 0.828. The average molecular weight is 176 g/mol. The molecule has 0 aliphatic carbocycles. The van der Waals surface area contributed by atoms with Gasteiger partial charge in [0.25, 0.3) is 0 Å². The van der Waals surface area contributed by atoms with Gasteiger partial charge >= 0.3 is 0 Å². The Balaban J connectivity index is 2.01. The van der Waals surface area contributed by atoms with Crippen molar-refractivity contribution in [1.82, 2.24) is 11.0 Å². The summed E-state index contributed by atoms with van der Waals surface area (Å²) in [6.45, 7) is 0.828. The lowest BCUT2D eigenvalue weighted by atomic mass is 10.1. The van der Waals surface area contributed by atoms with E-state index in [4.69, 9.17) is 4.84 Å². The first-order valence-electron chi connectivity index (χ1n) is 4.30. The summed E-state index contributed by atoms with van der Waals surface area (Å²) in [6, 6.07) is 10.3. The van der Waals surface area contributed by atoms with Crippen LogP contribution in [0.5, 0.6) is 0 Å². The minimum absolute atomic E-state index is 0.828. The number of hydrogen-bond acceptors (Lipinski definition) is 3. The van der Waals surface area contributed by atoms with Crippen LogP contribution in [-0.2, 0) is 11.3 Å². The van der Waals surface area contributed by atoms with Crippen molar-refractivity contribution in [2.45, 2.75) is 6.42 Å². The molecule has 1 aliphatic heterocycles. The topological polar surface area (TPSA) is 33.3 Å². The van der Waals surface area contributed by atoms with Crippen LogP contribution in [0, 0.1) is 0 Å². The van der Waals surface area contributed by atoms with Crippen LogP contribution in [0.4, 0.5) is 0 Å². The Kier molecular flexibility index (Phi) is 2.59. The van der Waals surface area contributed by atoms with Gasteiger partial charge in [0.15, 0.2) is 0 Å². The fraction of sp³-hybridized carbons (Fsp3) is 0.200. The van der Waals surface area contributed by atoms with E-state index in [0.29, 0.717) is 0 Å². The summed E-state index contributed by atoms with van der Waals surface area (Å²) in [5, 5.41) is 0. The monoisotopic (exact) mass is 176 g/mol. The second-order valence-electron chi connectivity index (χ2n) is 3.01. The maximum Gasteiger partial charge on any atom is 0.114 e. The van der Waals surface area contributed by atoms with Crippen LogP contribution in [-0.4, -0.2) is 6.54 Å². The Labute approximate surface area is 77.3 Å². The Hall–Kier alpha value is -1.32. The molecule has 0 atom stereocenters. The highest BCUT2D eigenvalue weighted by molar-refractivity contribution is 5.21. The summed E-state index contributed by atoms with van der Waals surface area (Å²) in [5.74, 6) is 0. The first-order chi connectivity index (χ1) is 6.45. The highest BCUT2D eigenvalue weighted by Crippen LogP contribution is 2.07. The first-order valence-corrected chi connectivity index (χ1v) is 4.30. The zero-order valence-corrected chi connectivity index (χ0v) is 7.29. The fourth-order valence-electron chi connectivity index (χ4n) is 1.31. The Morgan fingerprint density at radius 2 is 2.08 bits per heavy atom. The molecule has 0 amide bonds. The van der Waals surface area contributed by atoms with Gasteiger partial charge < -0.3 is 4.84 Å². The van der Waals surface area contributed by atoms with Crippen molar-refractivity contribution in [3.8, 4) is 0 Å². The van der Waals surface area contributed by atoms with Crippen molar-refractivity contribution in [2.75, 3.05) is 6.54 Å². The van der Waals surface area contributed by atoms with Crippen molar-refractivity contribution in [1.29, 1.82) is 0 Å². The number of nitrogens with one attached hydrogen (secondary N) is 2. The second kappa shape index (κ2) is 4.07. The van der Waals surface area contributed by atoms with Crippen molar-refractivity contribution >= 4 is 0 Å². The molecular weight excluding hydrogens is 164 g/mol. The van der Waals surface area contributed by atoms with E-state index in [1.165, 1.54) is 11.1 Å². The second-order valence-corrected chi connectivity index (χ2v) is 3.01. The van der Waals surface area contributed by atoms with E-state index in [2.05, 4.69) is 23.1 Å². The van der Waals surface area contributed by atoms with Gasteiger partial charge in [0.05, 0.1) is 0 Å². The molecule has 0 fully saturated rings. The van der Waals surface area contributed by atoms with Crippen molar-refractivity contribution < 1.29 is 4.84 Å². The highest BCUT2D eigenvalue weighted by Gasteiger charge is 2.03. The normalized spacial score (nSPS) is 16.2. The van der Waals surface area contributed by atoms with Crippen LogP contribution in [0.25, 0.3) is 0 Å². The molecule has 13 heavy (non-hydrogen) atoms. The average Bonchev–Trinajstić information content (AvgIpc) is 2.21. The molecule has 1 aromatic rings. The molecule has 0 saturated heterocycles. The van der Waals surface area contributed by atoms with Gasteiger partial charge in [-0.25, -0.2) is 5.43 Å². The molecule has 3 nitrogen and oxygen atoms in total. The Bertz CT molecular complexity index is 295. The van der Waals surface area contributed by atoms with Crippen molar-refractivity contribution in [3.63, 3.8) is 0 Å². The summed E-state index contributed by atoms with van der Waals surface area (Å²) in [5.41, 5.74) is 8.04. The molecule has 1 aliphatic rings. The van der Waals surface area contributed by atoms with Gasteiger partial charge in [0.1, 0.15) is 6.26 Å². The number of benzene rings is 1. The van der Waals surface area contributed by atoms with Gasteiger partial charge in [-0.05, 0) is 17.6 Å². The summed E-state index contributed by atoms with van der Waals surface area (Å²) in [4.78, 5) is 4.93. The van der Waals surface area contributed by atoms with E-state index in [1.807, 2.05) is 18.2 Å². The lowest BCUT2D eigenvalue weighted by molar-refractivity contribution is 0.0802. The third-order valence-electron chi connectivity index (χ3n) is 1.95. The predicted molar refractivity (Wildman–Crippen MR) is 50.5 cm³/mol. The quantitative estimate of drug-likeness (QED) is 0.709. The molecule has 1 heterocycles. The number of rotatable bonds is 2. The molecule has 0 saturated carbocycles. The van der Waals surface area contributed by atoms with Crippen LogP contribution >= 0.6 is 0 Å². The van der Waals surface area contributed by atoms with Crippen LogP contribution in [0.1, 0.15) is 5.56 Å². The van der Waals surface area contributed by atoms with E-state index in [1.54, 1.807) is 6.26 Å². The van der Waals surface area contributed by atoms with Gasteiger partial charge in [0, 0.05) is 6.54 Å². The van der Waals surface area contributed by atoms with Crippen LogP contribution in [0.3, 0.4) is 0 Å². The molecule has 0 unspecified atom stereocenters. The fourth-order valence-corrected chi connectivity index (χ4v) is 1.31. The summed E-state index contributed by atoms with van der Waals surface area (Å²) in [7, 11) is 0. The standard InChI is InChI=1S/C10H12N2O/c1-2-4-9(5-3-1)6-10-7-11-12-13-8-10/h1-5,8,11-12H,6-7H2. The molecule has 0 bridgehead atoms. The lowest BCUT2D eigenvalue weighted by Gasteiger charge is -2.15. The van der Waals surface area contributed by atoms with E-state index in [9.17, 15) is 0 Å². The SMILES string of the molecule is C1=C(Cc2ccccc2)CNNO1. The van der Waals surface area contributed by atoms with Crippen LogP contribution in [0.2, 0.25) is 0 Å². The van der Waals surface area contributed by atoms with Crippen molar-refractivity contribution in [2.24, 2.45) is 0 Å². The van der Waals surface area contributed by atoms with E-state index in [-0.39, 0.29) is 0 Å². The molecule has 2 rings (SSSR count). The highest BCUT2D eigenvalue weighted by atomic mass is 16.7. The predicted octanol–water partition coefficient (Wildman–Crippen LogP) is 1.15. The van der Waals surface area contributed by atoms with Crippen molar-refractivity contribution in [3.05, 3.63) is 47.7 Å². The summed E-state index contributed by atoms with van der Waals surface area (Å²) in [6.07, 6.45) is 2.69. The number of hydrazine groups is 1. The van der Waals surface area contributed by atoms with Gasteiger partial charge in [0.2, 0.25) is 0 Å². The smallest absolute Gasteiger partial charge is 0.114 e. The molecule has 0 aromatic heterocycles. The lowest BCUT2D eigenvalue weighted by Crippen LogP contribution is -2.36. The molecule has 2 N–H and O–H groups in total. The zero-order chi connectivity index (χ0) is 8.93. The minimum Gasteiger partial charge on any atom is -0.402 e. The molecule has 0 radical (unpaired) electrons. The van der Waals surface area contributed by atoms with Gasteiger partial charge in [-0.2, -0.15) is 0 Å². The molecule has 3 heteroatoms. The zero-order valence-electron chi connectivity index (χ0n) is 7.29. The molecule has 0 spiro atoms. The Morgan fingerprint density at radius 3 is 2.77 bits per heavy atom. The van der Waals surface area contributed by atoms with E-state index in [0.717, 1.165) is 13.0 Å². The number of hydrogen-bond donors (Lipinski definition) is 2. The molecular formula is C10H12N2O. The molecule has 1 aromatic carbocycles. The maximum atomic E-state index is 4.93. The van der Waals surface area contributed by atoms with Crippen LogP contribution < -0.4 is 11.0 Å². The Morgan fingerprint density at radius 1 is 1.23 bits per heavy atom. The van der Waals surface area contributed by atoms with Gasteiger partial charge in [-0.3, -0.25) is 0 Å². The molecule has 68 valence electrons. The summed E-state index contributed by atoms with van der Waals surface area (Å²) < 4.78 is 0. The largest absolute Gasteiger partial charge is 0.402 e. The summed E-state index contributed by atoms with van der Waals surface area (Å²) >= 11 is 0. The van der Waals surface area contributed by atoms with Gasteiger partial charge in [-0.15, -0.1) is 0 Å². The third-order valence-corrected chi connectivity index (χ3v) is 1.95. The van der Waals surface area contributed by atoms with Gasteiger partial charge in [-0.1, -0.05) is 35.9 Å². The van der Waals surface area contributed by atoms with E-state index >= 15 is 0 Å². The maximum absolute atomic E-state index is 4.93. The first kappa shape index (κ1) is 8.29. The van der Waals surface area contributed by atoms with Crippen LogP contribution in [0.15, 0.2) is 42.2 Å². The third kappa shape index (κ3) is 2.31.